The van der Waals surface area contributed by atoms with Crippen LogP contribution in [0.3, 0.4) is 0 Å². The maximum atomic E-state index is 12.5. The van der Waals surface area contributed by atoms with Crippen molar-refractivity contribution in [1.82, 2.24) is 0 Å². The van der Waals surface area contributed by atoms with Gasteiger partial charge >= 0.3 is 29.8 Å². The van der Waals surface area contributed by atoms with Crippen LogP contribution in [0.5, 0.6) is 0 Å². The lowest BCUT2D eigenvalue weighted by Gasteiger charge is -2.35. The summed E-state index contributed by atoms with van der Waals surface area (Å²) in [6, 6.07) is 0. The van der Waals surface area contributed by atoms with Gasteiger partial charge in [-0.05, 0) is 0 Å². The van der Waals surface area contributed by atoms with Crippen LogP contribution < -0.4 is 0 Å². The summed E-state index contributed by atoms with van der Waals surface area (Å²) in [5.74, 6) is -29.0. The van der Waals surface area contributed by atoms with Crippen molar-refractivity contribution in [3.63, 3.8) is 0 Å². The van der Waals surface area contributed by atoms with E-state index in [1.54, 1.807) is 0 Å². The molecule has 12 heteroatoms. The highest BCUT2D eigenvalue weighted by Crippen LogP contribution is 2.56. The minimum absolute atomic E-state index is 0.447. The molecule has 0 aromatic heterocycles. The Balaban J connectivity index is 5.96. The Hall–Kier alpha value is -1.25. The van der Waals surface area contributed by atoms with Gasteiger partial charge in [0, 0.05) is 5.92 Å². The molecule has 0 aromatic rings. The number of hydrogen-bond acceptors (Lipinski definition) is 0. The van der Waals surface area contributed by atoms with E-state index in [1.165, 1.54) is 0 Å². The summed E-state index contributed by atoms with van der Waals surface area (Å²) in [4.78, 5) is 0. The van der Waals surface area contributed by atoms with Crippen molar-refractivity contribution < 1.29 is 53.4 Å². The Morgan fingerprint density at radius 2 is 1.00 bits per heavy atom. The highest BCUT2D eigenvalue weighted by molar-refractivity contribution is 5.17. The fourth-order valence-corrected chi connectivity index (χ4v) is 0.715. The molecular formula is C7F11O. The Labute approximate surface area is 96.5 Å². The predicted octanol–water partition coefficient (Wildman–Crippen LogP) is 3.48. The molecule has 0 aromatic carbocycles. The molecule has 0 aliphatic carbocycles. The van der Waals surface area contributed by atoms with E-state index in [1.807, 2.05) is 0 Å². The average molecular weight is 309 g/mol. The second kappa shape index (κ2) is 4.39. The molecule has 0 atom stereocenters. The molecule has 0 bridgehead atoms. The summed E-state index contributed by atoms with van der Waals surface area (Å²) in [5.41, 5.74) is 0. The van der Waals surface area contributed by atoms with Crippen molar-refractivity contribution in [3.8, 4) is 12.1 Å². The standard InChI is InChI=1S/C7F11O/c8-2-1-3(9,10)4(11,12)5(13,14)6(15,16)7(17,18)19. The van der Waals surface area contributed by atoms with E-state index in [2.05, 4.69) is 0 Å². The monoisotopic (exact) mass is 309 g/mol. The van der Waals surface area contributed by atoms with Crippen LogP contribution in [0.1, 0.15) is 0 Å². The summed E-state index contributed by atoms with van der Waals surface area (Å²) in [6.07, 6.45) is -7.43. The largest absolute Gasteiger partial charge is 0.452 e. The molecule has 0 aliphatic rings. The first-order valence-corrected chi connectivity index (χ1v) is 3.78. The molecule has 1 radical (unpaired) electrons. The van der Waals surface area contributed by atoms with E-state index < -0.39 is 41.9 Å². The third-order valence-corrected chi connectivity index (χ3v) is 1.75. The molecular weight excluding hydrogens is 309 g/mol. The first-order chi connectivity index (χ1) is 8.06. The number of hydrogen-bond donors (Lipinski definition) is 0. The molecule has 1 nitrogen and oxygen atoms in total. The fraction of sp³-hybridized carbons (Fsp3) is 0.714. The van der Waals surface area contributed by atoms with Gasteiger partial charge in [-0.25, -0.2) is 0 Å². The molecule has 0 heterocycles. The van der Waals surface area contributed by atoms with Crippen molar-refractivity contribution >= 4 is 0 Å². The molecule has 0 amide bonds. The second-order valence-corrected chi connectivity index (χ2v) is 3.03. The Bertz CT molecular complexity index is 395. The Morgan fingerprint density at radius 1 is 0.632 bits per heavy atom. The Kier molecular flexibility index (Phi) is 4.11. The van der Waals surface area contributed by atoms with Gasteiger partial charge in [-0.3, -0.25) is 0 Å². The molecule has 0 spiro atoms. The minimum atomic E-state index is -7.49. The third-order valence-electron chi connectivity index (χ3n) is 1.75. The van der Waals surface area contributed by atoms with Gasteiger partial charge in [-0.2, -0.15) is 49.0 Å². The average Bonchev–Trinajstić information content (AvgIpc) is 2.14. The summed E-state index contributed by atoms with van der Waals surface area (Å²) in [6.45, 7) is 0. The van der Waals surface area contributed by atoms with Crippen LogP contribution in [0.15, 0.2) is 0 Å². The smallest absolute Gasteiger partial charge is 0.192 e. The maximum absolute atomic E-state index is 12.5. The van der Waals surface area contributed by atoms with E-state index in [9.17, 15) is 53.4 Å². The van der Waals surface area contributed by atoms with Gasteiger partial charge in [-0.1, -0.05) is 0 Å². The van der Waals surface area contributed by atoms with E-state index in [-0.39, 0.29) is 0 Å². The van der Waals surface area contributed by atoms with Crippen molar-refractivity contribution in [2.45, 2.75) is 29.8 Å². The first kappa shape index (κ1) is 17.8. The van der Waals surface area contributed by atoms with Gasteiger partial charge in [0.2, 0.25) is 0 Å². The van der Waals surface area contributed by atoms with E-state index in [0.717, 1.165) is 0 Å². The second-order valence-electron chi connectivity index (χ2n) is 3.03. The molecule has 111 valence electrons. The van der Waals surface area contributed by atoms with Crippen molar-refractivity contribution in [1.29, 1.82) is 0 Å². The molecule has 0 saturated carbocycles. The van der Waals surface area contributed by atoms with Crippen LogP contribution in [0.25, 0.3) is 0 Å². The topological polar surface area (TPSA) is 19.9 Å². The van der Waals surface area contributed by atoms with Gasteiger partial charge in [0.25, 0.3) is 0 Å². The van der Waals surface area contributed by atoms with Crippen LogP contribution in [-0.4, -0.2) is 29.8 Å². The summed E-state index contributed by atoms with van der Waals surface area (Å²) in [7, 11) is 0. The zero-order chi connectivity index (χ0) is 15.9. The highest BCUT2D eigenvalue weighted by Gasteiger charge is 2.87. The highest BCUT2D eigenvalue weighted by atomic mass is 19.4. The SMILES string of the molecule is [O]C(F)(F)C(F)(F)C(F)(F)C(F)(F)C(F)(F)C#CF. The minimum Gasteiger partial charge on any atom is -0.192 e. The maximum Gasteiger partial charge on any atom is 0.452 e. The van der Waals surface area contributed by atoms with Crippen LogP contribution in [0.4, 0.5) is 48.3 Å². The molecule has 0 unspecified atom stereocenters. The van der Waals surface area contributed by atoms with Gasteiger partial charge in [0.15, 0.2) is 0 Å². The predicted molar refractivity (Wildman–Crippen MR) is 34.3 cm³/mol. The molecule has 0 fully saturated rings. The first-order valence-electron chi connectivity index (χ1n) is 3.78. The van der Waals surface area contributed by atoms with Crippen LogP contribution in [0.2, 0.25) is 0 Å². The van der Waals surface area contributed by atoms with E-state index >= 15 is 0 Å². The van der Waals surface area contributed by atoms with Crippen LogP contribution in [0, 0.1) is 12.1 Å². The molecule has 0 rings (SSSR count). The van der Waals surface area contributed by atoms with Crippen LogP contribution in [-0.2, 0) is 5.11 Å². The summed E-state index contributed by atoms with van der Waals surface area (Å²) < 4.78 is 133. The normalized spacial score (nSPS) is 14.9. The zero-order valence-electron chi connectivity index (χ0n) is 8.07. The number of rotatable bonds is 4. The van der Waals surface area contributed by atoms with Gasteiger partial charge < -0.3 is 0 Å². The van der Waals surface area contributed by atoms with Gasteiger partial charge in [0.05, 0.1) is 0 Å². The van der Waals surface area contributed by atoms with Crippen molar-refractivity contribution in [2.24, 2.45) is 0 Å². The number of halogens is 11. The van der Waals surface area contributed by atoms with E-state index in [0.29, 0.717) is 0 Å². The van der Waals surface area contributed by atoms with Gasteiger partial charge in [-0.15, -0.1) is 4.39 Å². The van der Waals surface area contributed by atoms with Crippen molar-refractivity contribution in [3.05, 3.63) is 0 Å². The Morgan fingerprint density at radius 3 is 1.26 bits per heavy atom. The van der Waals surface area contributed by atoms with E-state index in [4.69, 9.17) is 0 Å². The molecule has 0 saturated heterocycles. The summed E-state index contributed by atoms with van der Waals surface area (Å²) in [5, 5.41) is 9.45. The van der Waals surface area contributed by atoms with Crippen molar-refractivity contribution in [2.75, 3.05) is 0 Å². The van der Waals surface area contributed by atoms with Crippen LogP contribution >= 0.6 is 0 Å². The molecule has 19 heavy (non-hydrogen) atoms. The lowest BCUT2D eigenvalue weighted by Crippen LogP contribution is -2.66. The zero-order valence-corrected chi connectivity index (χ0v) is 8.07. The quantitative estimate of drug-likeness (QED) is 0.560. The fourth-order valence-electron chi connectivity index (χ4n) is 0.715. The molecule has 0 aliphatic heterocycles. The lowest BCUT2D eigenvalue weighted by molar-refractivity contribution is -0.445. The summed E-state index contributed by atoms with van der Waals surface area (Å²) >= 11 is 0. The number of alkyl halides is 10. The van der Waals surface area contributed by atoms with Gasteiger partial charge in [0.1, 0.15) is 6.17 Å². The lowest BCUT2D eigenvalue weighted by atomic mass is 9.98. The molecule has 0 N–H and O–H groups in total. The third kappa shape index (κ3) is 2.43.